The highest BCUT2D eigenvalue weighted by Crippen LogP contribution is 2.24. The first-order valence-corrected chi connectivity index (χ1v) is 4.18. The molecule has 1 rings (SSSR count). The van der Waals surface area contributed by atoms with Gasteiger partial charge in [0, 0.05) is 12.7 Å². The van der Waals surface area contributed by atoms with Gasteiger partial charge in [-0.15, -0.1) is 0 Å². The molecule has 0 fully saturated rings. The van der Waals surface area contributed by atoms with Crippen LogP contribution in [-0.4, -0.2) is 19.3 Å². The Morgan fingerprint density at radius 2 is 2.07 bits per heavy atom. The maximum absolute atomic E-state index is 13.6. The van der Waals surface area contributed by atoms with Crippen molar-refractivity contribution >= 4 is 0 Å². The second-order valence-electron chi connectivity index (χ2n) is 2.81. The zero-order valence-electron chi connectivity index (χ0n) is 8.21. The Balaban J connectivity index is 3.13. The first kappa shape index (κ1) is 10.9. The van der Waals surface area contributed by atoms with E-state index in [4.69, 9.17) is 14.6 Å². The van der Waals surface area contributed by atoms with Crippen molar-refractivity contribution in [2.75, 3.05) is 14.2 Å². The monoisotopic (exact) mass is 200 g/mol. The summed E-state index contributed by atoms with van der Waals surface area (Å²) in [5.41, 5.74) is 0.583. The molecule has 0 aromatic heterocycles. The minimum Gasteiger partial charge on any atom is -0.496 e. The van der Waals surface area contributed by atoms with Gasteiger partial charge in [0.05, 0.1) is 25.9 Å². The maximum atomic E-state index is 13.6. The quantitative estimate of drug-likeness (QED) is 0.800. The number of methoxy groups -OCH3 is 2. The van der Waals surface area contributed by atoms with Gasteiger partial charge < -0.3 is 14.6 Å². The van der Waals surface area contributed by atoms with Crippen molar-refractivity contribution in [1.82, 2.24) is 0 Å². The van der Waals surface area contributed by atoms with E-state index in [0.29, 0.717) is 11.3 Å². The summed E-state index contributed by atoms with van der Waals surface area (Å²) in [5.74, 6) is -0.112. The molecule has 1 aromatic rings. The van der Waals surface area contributed by atoms with Crippen LogP contribution >= 0.6 is 0 Å². The molecule has 78 valence electrons. The Morgan fingerprint density at radius 1 is 1.36 bits per heavy atom. The Hall–Kier alpha value is -1.13. The first-order chi connectivity index (χ1) is 6.74. The van der Waals surface area contributed by atoms with Crippen LogP contribution in [-0.2, 0) is 18.0 Å². The largest absolute Gasteiger partial charge is 0.496 e. The Labute approximate surface area is 82.1 Å². The number of aliphatic hydroxyl groups is 1. The lowest BCUT2D eigenvalue weighted by Crippen LogP contribution is -2.01. The van der Waals surface area contributed by atoms with Crippen molar-refractivity contribution in [3.8, 4) is 5.75 Å². The molecule has 14 heavy (non-hydrogen) atoms. The van der Waals surface area contributed by atoms with Gasteiger partial charge in [-0.2, -0.15) is 0 Å². The predicted octanol–water partition coefficient (Wildman–Crippen LogP) is 1.47. The minimum absolute atomic E-state index is 0.169. The van der Waals surface area contributed by atoms with E-state index in [1.165, 1.54) is 14.2 Å². The molecule has 0 heterocycles. The van der Waals surface area contributed by atoms with Crippen molar-refractivity contribution < 1.29 is 19.0 Å². The second-order valence-corrected chi connectivity index (χ2v) is 2.81. The molecule has 0 amide bonds. The van der Waals surface area contributed by atoms with Gasteiger partial charge in [-0.1, -0.05) is 6.07 Å². The van der Waals surface area contributed by atoms with E-state index in [1.807, 2.05) is 0 Å². The van der Waals surface area contributed by atoms with Crippen molar-refractivity contribution in [1.29, 1.82) is 0 Å². The molecular formula is C10H13FO3. The molecule has 1 aromatic carbocycles. The van der Waals surface area contributed by atoms with Gasteiger partial charge in [0.25, 0.3) is 0 Å². The number of aliphatic hydroxyl groups excluding tert-OH is 1. The van der Waals surface area contributed by atoms with Gasteiger partial charge in [-0.25, -0.2) is 4.39 Å². The van der Waals surface area contributed by atoms with E-state index in [9.17, 15) is 4.39 Å². The maximum Gasteiger partial charge on any atom is 0.137 e. The highest BCUT2D eigenvalue weighted by molar-refractivity contribution is 5.38. The highest BCUT2D eigenvalue weighted by atomic mass is 19.1. The van der Waals surface area contributed by atoms with Crippen LogP contribution in [0, 0.1) is 5.82 Å². The number of ether oxygens (including phenoxy) is 2. The van der Waals surface area contributed by atoms with Crippen LogP contribution in [0.3, 0.4) is 0 Å². The smallest absolute Gasteiger partial charge is 0.137 e. The fourth-order valence-corrected chi connectivity index (χ4v) is 1.26. The third-order valence-electron chi connectivity index (χ3n) is 1.96. The van der Waals surface area contributed by atoms with Gasteiger partial charge in [0.2, 0.25) is 0 Å². The number of benzene rings is 1. The third kappa shape index (κ3) is 2.02. The summed E-state index contributed by atoms with van der Waals surface area (Å²) in [6.45, 7) is -0.199. The molecule has 0 bridgehead atoms. The Bertz CT molecular complexity index is 312. The Morgan fingerprint density at radius 3 is 2.57 bits per heavy atom. The summed E-state index contributed by atoms with van der Waals surface area (Å²) >= 11 is 0. The van der Waals surface area contributed by atoms with Crippen LogP contribution in [0.5, 0.6) is 5.75 Å². The van der Waals surface area contributed by atoms with E-state index in [-0.39, 0.29) is 18.8 Å². The van der Waals surface area contributed by atoms with Gasteiger partial charge in [0.1, 0.15) is 11.6 Å². The molecule has 3 nitrogen and oxygen atoms in total. The number of rotatable bonds is 4. The molecule has 0 radical (unpaired) electrons. The van der Waals surface area contributed by atoms with E-state index >= 15 is 0 Å². The van der Waals surface area contributed by atoms with Crippen molar-refractivity contribution in [3.05, 3.63) is 29.1 Å². The fourth-order valence-electron chi connectivity index (χ4n) is 1.26. The summed E-state index contributed by atoms with van der Waals surface area (Å²) < 4.78 is 23.3. The lowest BCUT2D eigenvalue weighted by atomic mass is 10.1. The van der Waals surface area contributed by atoms with E-state index < -0.39 is 5.82 Å². The Kier molecular flexibility index (Phi) is 3.85. The number of hydrogen-bond acceptors (Lipinski definition) is 3. The number of hydrogen-bond donors (Lipinski definition) is 1. The lowest BCUT2D eigenvalue weighted by Gasteiger charge is -2.10. The van der Waals surface area contributed by atoms with E-state index in [2.05, 4.69) is 0 Å². The summed E-state index contributed by atoms with van der Waals surface area (Å²) in [6.07, 6.45) is 0. The fraction of sp³-hybridized carbons (Fsp3) is 0.400. The molecule has 0 spiro atoms. The molecule has 0 saturated heterocycles. The van der Waals surface area contributed by atoms with Gasteiger partial charge in [-0.05, 0) is 6.07 Å². The summed E-state index contributed by atoms with van der Waals surface area (Å²) in [7, 11) is 2.92. The zero-order valence-corrected chi connectivity index (χ0v) is 8.21. The molecule has 4 heteroatoms. The molecule has 1 N–H and O–H groups in total. The summed E-state index contributed by atoms with van der Waals surface area (Å²) in [5, 5.41) is 8.96. The van der Waals surface area contributed by atoms with Gasteiger partial charge >= 0.3 is 0 Å². The SMILES string of the molecule is COCc1ccc(OC)c(CO)c1F. The number of halogens is 1. The lowest BCUT2D eigenvalue weighted by molar-refractivity contribution is 0.180. The average molecular weight is 200 g/mol. The highest BCUT2D eigenvalue weighted by Gasteiger charge is 2.12. The van der Waals surface area contributed by atoms with Gasteiger partial charge in [-0.3, -0.25) is 0 Å². The van der Waals surface area contributed by atoms with Crippen molar-refractivity contribution in [3.63, 3.8) is 0 Å². The minimum atomic E-state index is -0.464. The molecule has 0 aliphatic carbocycles. The topological polar surface area (TPSA) is 38.7 Å². The van der Waals surface area contributed by atoms with Gasteiger partial charge in [0.15, 0.2) is 0 Å². The molecule has 0 aliphatic rings. The van der Waals surface area contributed by atoms with Crippen LogP contribution < -0.4 is 4.74 Å². The van der Waals surface area contributed by atoms with Crippen LogP contribution in [0.2, 0.25) is 0 Å². The third-order valence-corrected chi connectivity index (χ3v) is 1.96. The van der Waals surface area contributed by atoms with Crippen LogP contribution in [0.15, 0.2) is 12.1 Å². The van der Waals surface area contributed by atoms with Crippen LogP contribution in [0.1, 0.15) is 11.1 Å². The van der Waals surface area contributed by atoms with E-state index in [0.717, 1.165) is 0 Å². The van der Waals surface area contributed by atoms with Crippen molar-refractivity contribution in [2.45, 2.75) is 13.2 Å². The van der Waals surface area contributed by atoms with Crippen LogP contribution in [0.25, 0.3) is 0 Å². The normalized spacial score (nSPS) is 10.3. The molecular weight excluding hydrogens is 187 g/mol. The first-order valence-electron chi connectivity index (χ1n) is 4.18. The molecule has 0 aliphatic heterocycles. The predicted molar refractivity (Wildman–Crippen MR) is 49.6 cm³/mol. The molecule has 0 unspecified atom stereocenters. The summed E-state index contributed by atoms with van der Waals surface area (Å²) in [4.78, 5) is 0. The van der Waals surface area contributed by atoms with E-state index in [1.54, 1.807) is 12.1 Å². The second kappa shape index (κ2) is 4.93. The summed E-state index contributed by atoms with van der Waals surface area (Å²) in [6, 6.07) is 3.19. The standard InChI is InChI=1S/C10H13FO3/c1-13-6-7-3-4-9(14-2)8(5-12)10(7)11/h3-4,12H,5-6H2,1-2H3. The van der Waals surface area contributed by atoms with Crippen LogP contribution in [0.4, 0.5) is 4.39 Å². The van der Waals surface area contributed by atoms with Crippen molar-refractivity contribution in [2.24, 2.45) is 0 Å². The average Bonchev–Trinajstić information content (AvgIpc) is 2.21. The molecule has 0 saturated carbocycles. The molecule has 0 atom stereocenters. The zero-order chi connectivity index (χ0) is 10.6.